The number of carboxylic acids is 1. The van der Waals surface area contributed by atoms with Crippen molar-refractivity contribution < 1.29 is 24.3 Å². The van der Waals surface area contributed by atoms with E-state index in [1.165, 1.54) is 6.92 Å². The fourth-order valence-corrected chi connectivity index (χ4v) is 2.91. The molecule has 148 valence electrons. The molecule has 0 saturated heterocycles. The summed E-state index contributed by atoms with van der Waals surface area (Å²) in [5, 5.41) is 17.8. The number of oxime groups is 1. The van der Waals surface area contributed by atoms with Gasteiger partial charge in [-0.15, -0.1) is 0 Å². The lowest BCUT2D eigenvalue weighted by Gasteiger charge is -2.25. The second-order valence-corrected chi connectivity index (χ2v) is 6.73. The molecule has 7 nitrogen and oxygen atoms in total. The molecule has 1 aliphatic rings. The lowest BCUT2D eigenvalue weighted by molar-refractivity contribution is -0.309. The summed E-state index contributed by atoms with van der Waals surface area (Å²) < 4.78 is 0. The highest BCUT2D eigenvalue weighted by molar-refractivity contribution is 6.08. The van der Waals surface area contributed by atoms with Crippen LogP contribution in [0.15, 0.2) is 65.8 Å². The van der Waals surface area contributed by atoms with E-state index >= 15 is 0 Å². The fraction of sp³-hybridized carbons (Fsp3) is 0.182. The number of nitrogens with one attached hydrogen (secondary N) is 1. The molecule has 0 aliphatic carbocycles. The Morgan fingerprint density at radius 2 is 1.79 bits per heavy atom. The highest BCUT2D eigenvalue weighted by Crippen LogP contribution is 2.30. The van der Waals surface area contributed by atoms with E-state index in [2.05, 4.69) is 10.5 Å². The first kappa shape index (κ1) is 20.0. The number of rotatable bonds is 7. The molecule has 1 aliphatic heterocycles. The summed E-state index contributed by atoms with van der Waals surface area (Å²) in [5.41, 5.74) is 0.588. The molecule has 7 heteroatoms. The van der Waals surface area contributed by atoms with Crippen molar-refractivity contribution in [3.8, 4) is 0 Å². The first-order valence-electron chi connectivity index (χ1n) is 8.98. The minimum atomic E-state index is -1.70. The van der Waals surface area contributed by atoms with Gasteiger partial charge in [0.2, 0.25) is 5.60 Å². The summed E-state index contributed by atoms with van der Waals surface area (Å²) in [4.78, 5) is 40.7. The van der Waals surface area contributed by atoms with Gasteiger partial charge in [-0.2, -0.15) is 0 Å². The largest absolute Gasteiger partial charge is 0.550 e. The number of carbonyl (C=O) groups excluding carboxylic acids is 3. The third kappa shape index (κ3) is 4.95. The Bertz CT molecular complexity index is 980. The molecule has 0 spiro atoms. The molecule has 0 aromatic heterocycles. The summed E-state index contributed by atoms with van der Waals surface area (Å²) in [6, 6.07) is 15.7. The maximum atomic E-state index is 12.8. The lowest BCUT2D eigenvalue weighted by Crippen LogP contribution is -2.47. The molecule has 2 aromatic rings. The van der Waals surface area contributed by atoms with Crippen LogP contribution in [0.5, 0.6) is 0 Å². The van der Waals surface area contributed by atoms with Crippen LogP contribution >= 0.6 is 0 Å². The third-order valence-corrected chi connectivity index (χ3v) is 4.47. The van der Waals surface area contributed by atoms with Gasteiger partial charge in [-0.1, -0.05) is 41.6 Å². The molecular formula is C22H19N2O5-. The molecule has 0 unspecified atom stereocenters. The van der Waals surface area contributed by atoms with E-state index in [-0.39, 0.29) is 12.2 Å². The molecule has 1 N–H and O–H groups in total. The van der Waals surface area contributed by atoms with E-state index in [1.807, 2.05) is 30.3 Å². The number of ketones is 1. The molecule has 0 saturated carbocycles. The Morgan fingerprint density at radius 3 is 2.41 bits per heavy atom. The van der Waals surface area contributed by atoms with Gasteiger partial charge in [-0.25, -0.2) is 0 Å². The Morgan fingerprint density at radius 1 is 1.10 bits per heavy atom. The SMILES string of the molecule is CC(=O)c1ccc(NC(=O)[C@@]2(CC(=O)[O-])CC(/C=C/c3ccccc3)=NO2)cc1. The second kappa shape index (κ2) is 8.52. The highest BCUT2D eigenvalue weighted by atomic mass is 16.7. The van der Waals surface area contributed by atoms with E-state index in [0.29, 0.717) is 17.0 Å². The van der Waals surface area contributed by atoms with Crippen molar-refractivity contribution in [1.82, 2.24) is 0 Å². The topological polar surface area (TPSA) is 108 Å². The maximum Gasteiger partial charge on any atom is 0.272 e. The average Bonchev–Trinajstić information content (AvgIpc) is 3.11. The predicted octanol–water partition coefficient (Wildman–Crippen LogP) is 2.20. The zero-order valence-electron chi connectivity index (χ0n) is 15.8. The van der Waals surface area contributed by atoms with Gasteiger partial charge in [0.1, 0.15) is 0 Å². The van der Waals surface area contributed by atoms with Gasteiger partial charge in [0.15, 0.2) is 5.78 Å². The lowest BCUT2D eigenvalue weighted by atomic mass is 9.92. The minimum absolute atomic E-state index is 0.0122. The van der Waals surface area contributed by atoms with E-state index in [9.17, 15) is 19.5 Å². The monoisotopic (exact) mass is 391 g/mol. The number of Topliss-reactive ketones (excluding diaryl/α,β-unsaturated/α-hetero) is 1. The second-order valence-electron chi connectivity index (χ2n) is 6.73. The number of carbonyl (C=O) groups is 3. The van der Waals surface area contributed by atoms with Gasteiger partial charge < -0.3 is 20.1 Å². The standard InChI is InChI=1S/C22H20N2O5/c1-15(25)17-8-11-18(12-9-17)23-21(28)22(14-20(26)27)13-19(24-29-22)10-7-16-5-3-2-4-6-16/h2-12H,13-14H2,1H3,(H,23,28)(H,26,27)/p-1/b10-7+/t22-/m0/s1. The summed E-state index contributed by atoms with van der Waals surface area (Å²) in [6.45, 7) is 1.44. The van der Waals surface area contributed by atoms with Crippen molar-refractivity contribution in [3.05, 3.63) is 71.8 Å². The number of hydrogen-bond acceptors (Lipinski definition) is 6. The van der Waals surface area contributed by atoms with E-state index < -0.39 is 23.9 Å². The fourth-order valence-electron chi connectivity index (χ4n) is 2.91. The average molecular weight is 391 g/mol. The first-order chi connectivity index (χ1) is 13.9. The smallest absolute Gasteiger partial charge is 0.272 e. The summed E-state index contributed by atoms with van der Waals surface area (Å²) >= 11 is 0. The van der Waals surface area contributed by atoms with Crippen LogP contribution in [-0.4, -0.2) is 29.0 Å². The number of anilines is 1. The molecule has 29 heavy (non-hydrogen) atoms. The number of aliphatic carboxylic acids is 1. The molecule has 1 heterocycles. The molecule has 3 rings (SSSR count). The summed E-state index contributed by atoms with van der Waals surface area (Å²) in [7, 11) is 0. The Kier molecular flexibility index (Phi) is 5.87. The Hall–Kier alpha value is -3.74. The Balaban J connectivity index is 1.73. The molecule has 1 amide bonds. The van der Waals surface area contributed by atoms with E-state index in [1.54, 1.807) is 36.4 Å². The van der Waals surface area contributed by atoms with Crippen LogP contribution in [0.1, 0.15) is 35.7 Å². The zero-order chi connectivity index (χ0) is 20.9. The molecule has 2 aromatic carbocycles. The number of carboxylic acid groups (broad SMARTS) is 1. The molecular weight excluding hydrogens is 372 g/mol. The number of benzene rings is 2. The van der Waals surface area contributed by atoms with Crippen LogP contribution < -0.4 is 10.4 Å². The quantitative estimate of drug-likeness (QED) is 0.728. The number of hydrogen-bond donors (Lipinski definition) is 1. The molecule has 0 bridgehead atoms. The zero-order valence-corrected chi connectivity index (χ0v) is 15.8. The van der Waals surface area contributed by atoms with Crippen LogP contribution in [0.4, 0.5) is 5.69 Å². The van der Waals surface area contributed by atoms with Gasteiger partial charge >= 0.3 is 0 Å². The Labute approximate surface area is 167 Å². The predicted molar refractivity (Wildman–Crippen MR) is 106 cm³/mol. The minimum Gasteiger partial charge on any atom is -0.550 e. The van der Waals surface area contributed by atoms with E-state index in [0.717, 1.165) is 5.56 Å². The van der Waals surface area contributed by atoms with Gasteiger partial charge in [0, 0.05) is 30.1 Å². The van der Waals surface area contributed by atoms with Crippen LogP contribution in [0.3, 0.4) is 0 Å². The van der Waals surface area contributed by atoms with E-state index in [4.69, 9.17) is 4.84 Å². The third-order valence-electron chi connectivity index (χ3n) is 4.47. The van der Waals surface area contributed by atoms with Gasteiger partial charge in [-0.3, -0.25) is 9.59 Å². The number of amides is 1. The van der Waals surface area contributed by atoms with Crippen LogP contribution in [0.25, 0.3) is 6.08 Å². The van der Waals surface area contributed by atoms with Gasteiger partial charge in [0.05, 0.1) is 5.71 Å². The summed E-state index contributed by atoms with van der Waals surface area (Å²) in [6.07, 6.45) is 2.83. The van der Waals surface area contributed by atoms with Crippen LogP contribution in [0, 0.1) is 0 Å². The van der Waals surface area contributed by atoms with Crippen LogP contribution in [0.2, 0.25) is 0 Å². The van der Waals surface area contributed by atoms with Crippen molar-refractivity contribution >= 4 is 35.1 Å². The van der Waals surface area contributed by atoms with Crippen molar-refractivity contribution in [3.63, 3.8) is 0 Å². The highest BCUT2D eigenvalue weighted by Gasteiger charge is 2.46. The summed E-state index contributed by atoms with van der Waals surface area (Å²) in [5.74, 6) is -2.17. The molecule has 0 fully saturated rings. The van der Waals surface area contributed by atoms with Gasteiger partial charge in [0.25, 0.3) is 5.91 Å². The maximum absolute atomic E-state index is 12.8. The number of nitrogens with zero attached hydrogens (tertiary/aromatic N) is 1. The first-order valence-corrected chi connectivity index (χ1v) is 8.98. The molecule has 0 radical (unpaired) electrons. The normalized spacial score (nSPS) is 18.2. The van der Waals surface area contributed by atoms with Crippen molar-refractivity contribution in [1.29, 1.82) is 0 Å². The van der Waals surface area contributed by atoms with Crippen LogP contribution in [-0.2, 0) is 14.4 Å². The van der Waals surface area contributed by atoms with Gasteiger partial charge in [-0.05, 0) is 42.8 Å². The van der Waals surface area contributed by atoms with Crippen molar-refractivity contribution in [2.24, 2.45) is 5.16 Å². The molecule has 1 atom stereocenters. The van der Waals surface area contributed by atoms with Crippen molar-refractivity contribution in [2.75, 3.05) is 5.32 Å². The number of allylic oxidation sites excluding steroid dienone is 1. The van der Waals surface area contributed by atoms with Crippen molar-refractivity contribution in [2.45, 2.75) is 25.4 Å².